The second kappa shape index (κ2) is 8.54. The summed E-state index contributed by atoms with van der Waals surface area (Å²) in [5, 5.41) is 1.99. The van der Waals surface area contributed by atoms with Crippen molar-refractivity contribution < 1.29 is 31.1 Å². The maximum Gasteiger partial charge on any atom is 0.255 e. The molecule has 30 heavy (non-hydrogen) atoms. The Morgan fingerprint density at radius 2 is 1.73 bits per heavy atom. The Kier molecular flexibility index (Phi) is 6.42. The predicted molar refractivity (Wildman–Crippen MR) is 104 cm³/mol. The van der Waals surface area contributed by atoms with E-state index in [-0.39, 0.29) is 40.8 Å². The van der Waals surface area contributed by atoms with Gasteiger partial charge in [-0.2, -0.15) is 4.31 Å². The second-order valence-electron chi connectivity index (χ2n) is 6.90. The van der Waals surface area contributed by atoms with Crippen LogP contribution in [-0.4, -0.2) is 43.9 Å². The van der Waals surface area contributed by atoms with Crippen LogP contribution in [0.3, 0.4) is 0 Å². The van der Waals surface area contributed by atoms with Crippen LogP contribution in [0.25, 0.3) is 0 Å². The number of ether oxygens (including phenoxy) is 1. The minimum atomic E-state index is -4.05. The van der Waals surface area contributed by atoms with Crippen LogP contribution in [-0.2, 0) is 14.8 Å². The SMILES string of the molecule is CC1CN(S(=O)(=O)c2cc(C(=O)Nc3ccc(F)c(F)c3F)ccc2Cl)CC(C)O1. The van der Waals surface area contributed by atoms with Gasteiger partial charge in [-0.05, 0) is 44.2 Å². The molecule has 1 amide bonds. The fourth-order valence-corrected chi connectivity index (χ4v) is 5.22. The monoisotopic (exact) mass is 462 g/mol. The fraction of sp³-hybridized carbons (Fsp3) is 0.316. The van der Waals surface area contributed by atoms with Crippen molar-refractivity contribution in [3.8, 4) is 0 Å². The van der Waals surface area contributed by atoms with Crippen molar-refractivity contribution in [3.63, 3.8) is 0 Å². The van der Waals surface area contributed by atoms with Gasteiger partial charge in [0.2, 0.25) is 10.0 Å². The van der Waals surface area contributed by atoms with Gasteiger partial charge in [-0.3, -0.25) is 4.79 Å². The van der Waals surface area contributed by atoms with Crippen molar-refractivity contribution in [2.45, 2.75) is 31.0 Å². The molecule has 1 aliphatic rings. The summed E-state index contributed by atoms with van der Waals surface area (Å²) in [6, 6.07) is 5.02. The van der Waals surface area contributed by atoms with E-state index in [1.54, 1.807) is 13.8 Å². The number of hydrogen-bond donors (Lipinski definition) is 1. The topological polar surface area (TPSA) is 75.7 Å². The third-order valence-electron chi connectivity index (χ3n) is 4.48. The number of carbonyl (C=O) groups excluding carboxylic acids is 1. The molecule has 11 heteroatoms. The molecule has 6 nitrogen and oxygen atoms in total. The van der Waals surface area contributed by atoms with Crippen molar-refractivity contribution in [2.75, 3.05) is 18.4 Å². The first-order chi connectivity index (χ1) is 14.0. The molecule has 1 fully saturated rings. The van der Waals surface area contributed by atoms with Crippen LogP contribution in [0.5, 0.6) is 0 Å². The predicted octanol–water partition coefficient (Wildman–Crippen LogP) is 3.81. The molecule has 0 aliphatic carbocycles. The Balaban J connectivity index is 1.91. The Morgan fingerprint density at radius 1 is 1.10 bits per heavy atom. The van der Waals surface area contributed by atoms with Crippen molar-refractivity contribution >= 4 is 33.2 Å². The van der Waals surface area contributed by atoms with Crippen LogP contribution < -0.4 is 5.32 Å². The molecule has 162 valence electrons. The average Bonchev–Trinajstić information content (AvgIpc) is 2.67. The third kappa shape index (κ3) is 4.46. The van der Waals surface area contributed by atoms with E-state index in [1.165, 1.54) is 16.4 Å². The van der Waals surface area contributed by atoms with Crippen LogP contribution in [0.4, 0.5) is 18.9 Å². The van der Waals surface area contributed by atoms with E-state index < -0.39 is 39.1 Å². The number of morpholine rings is 1. The Morgan fingerprint density at radius 3 is 2.37 bits per heavy atom. The van der Waals surface area contributed by atoms with Gasteiger partial charge in [-0.25, -0.2) is 21.6 Å². The van der Waals surface area contributed by atoms with Crippen LogP contribution >= 0.6 is 11.6 Å². The summed E-state index contributed by atoms with van der Waals surface area (Å²) in [6.45, 7) is 3.69. The summed E-state index contributed by atoms with van der Waals surface area (Å²) in [5.41, 5.74) is -0.745. The van der Waals surface area contributed by atoms with E-state index in [0.717, 1.165) is 12.1 Å². The number of halogens is 4. The lowest BCUT2D eigenvalue weighted by atomic mass is 10.2. The lowest BCUT2D eigenvalue weighted by Gasteiger charge is -2.34. The van der Waals surface area contributed by atoms with Crippen molar-refractivity contribution in [2.24, 2.45) is 0 Å². The second-order valence-corrected chi connectivity index (χ2v) is 9.22. The minimum absolute atomic E-state index is 0.0997. The molecule has 1 N–H and O–H groups in total. The van der Waals surface area contributed by atoms with Crippen molar-refractivity contribution in [1.82, 2.24) is 4.31 Å². The zero-order valence-electron chi connectivity index (χ0n) is 16.0. The highest BCUT2D eigenvalue weighted by molar-refractivity contribution is 7.89. The first-order valence-corrected chi connectivity index (χ1v) is 10.7. The Bertz CT molecular complexity index is 1090. The maximum atomic E-state index is 13.8. The number of sulfonamides is 1. The molecule has 1 aliphatic heterocycles. The molecule has 0 saturated carbocycles. The number of amides is 1. The summed E-state index contributed by atoms with van der Waals surface area (Å²) in [7, 11) is -4.05. The lowest BCUT2D eigenvalue weighted by molar-refractivity contribution is -0.0440. The van der Waals surface area contributed by atoms with Gasteiger partial charge in [0.15, 0.2) is 17.5 Å². The number of anilines is 1. The highest BCUT2D eigenvalue weighted by atomic mass is 35.5. The summed E-state index contributed by atoms with van der Waals surface area (Å²) in [6.07, 6.45) is -0.657. The molecule has 2 aromatic carbocycles. The smallest absolute Gasteiger partial charge is 0.255 e. The first kappa shape index (κ1) is 22.5. The first-order valence-electron chi connectivity index (χ1n) is 8.90. The average molecular weight is 463 g/mol. The van der Waals surface area contributed by atoms with Gasteiger partial charge in [0.25, 0.3) is 5.91 Å². The molecule has 1 heterocycles. The van der Waals surface area contributed by atoms with E-state index in [9.17, 15) is 26.4 Å². The summed E-state index contributed by atoms with van der Waals surface area (Å²) in [4.78, 5) is 12.2. The molecule has 3 rings (SSSR count). The molecule has 0 bridgehead atoms. The normalized spacial score (nSPS) is 20.2. The standard InChI is InChI=1S/C19H18ClF3N2O4S/c1-10-8-25(9-11(2)29-10)30(27,28)16-7-12(3-4-13(16)20)19(26)24-15-6-5-14(21)17(22)18(15)23/h3-7,10-11H,8-9H2,1-2H3,(H,24,26). The number of nitrogens with one attached hydrogen (secondary N) is 1. The van der Waals surface area contributed by atoms with Crippen LogP contribution in [0.2, 0.25) is 5.02 Å². The van der Waals surface area contributed by atoms with Crippen molar-refractivity contribution in [3.05, 3.63) is 58.4 Å². The molecule has 0 aromatic heterocycles. The number of benzene rings is 2. The van der Waals surface area contributed by atoms with E-state index in [0.29, 0.717) is 6.07 Å². The van der Waals surface area contributed by atoms with Crippen LogP contribution in [0, 0.1) is 17.5 Å². The van der Waals surface area contributed by atoms with E-state index in [4.69, 9.17) is 16.3 Å². The zero-order valence-corrected chi connectivity index (χ0v) is 17.5. The zero-order chi connectivity index (χ0) is 22.2. The van der Waals surface area contributed by atoms with Crippen molar-refractivity contribution in [1.29, 1.82) is 0 Å². The van der Waals surface area contributed by atoms with Gasteiger partial charge in [0.1, 0.15) is 4.90 Å². The van der Waals surface area contributed by atoms with Gasteiger partial charge in [-0.15, -0.1) is 0 Å². The molecular formula is C19H18ClF3N2O4S. The van der Waals surface area contributed by atoms with Crippen LogP contribution in [0.1, 0.15) is 24.2 Å². The fourth-order valence-electron chi connectivity index (χ4n) is 3.13. The summed E-state index contributed by atoms with van der Waals surface area (Å²) in [5.74, 6) is -5.62. The molecule has 0 radical (unpaired) electrons. The van der Waals surface area contributed by atoms with Gasteiger partial charge in [0, 0.05) is 18.7 Å². The molecular weight excluding hydrogens is 445 g/mol. The molecule has 1 saturated heterocycles. The number of carbonyl (C=O) groups is 1. The molecule has 2 unspecified atom stereocenters. The highest BCUT2D eigenvalue weighted by Crippen LogP contribution is 2.29. The largest absolute Gasteiger partial charge is 0.373 e. The van der Waals surface area contributed by atoms with E-state index in [2.05, 4.69) is 5.32 Å². The molecule has 2 aromatic rings. The summed E-state index contributed by atoms with van der Waals surface area (Å²) < 4.78 is 73.1. The number of nitrogens with zero attached hydrogens (tertiary/aromatic N) is 1. The highest BCUT2D eigenvalue weighted by Gasteiger charge is 2.34. The maximum absolute atomic E-state index is 13.8. The molecule has 2 atom stereocenters. The van der Waals surface area contributed by atoms with Gasteiger partial charge < -0.3 is 10.1 Å². The van der Waals surface area contributed by atoms with Gasteiger partial charge >= 0.3 is 0 Å². The van der Waals surface area contributed by atoms with E-state index >= 15 is 0 Å². The molecule has 0 spiro atoms. The third-order valence-corrected chi connectivity index (χ3v) is 6.79. The lowest BCUT2D eigenvalue weighted by Crippen LogP contribution is -2.48. The quantitative estimate of drug-likeness (QED) is 0.701. The van der Waals surface area contributed by atoms with E-state index in [1.807, 2.05) is 0 Å². The van der Waals surface area contributed by atoms with Gasteiger partial charge in [-0.1, -0.05) is 11.6 Å². The Hall–Kier alpha value is -2.14. The number of hydrogen-bond acceptors (Lipinski definition) is 4. The minimum Gasteiger partial charge on any atom is -0.373 e. The van der Waals surface area contributed by atoms with Gasteiger partial charge in [0.05, 0.1) is 22.9 Å². The summed E-state index contributed by atoms with van der Waals surface area (Å²) >= 11 is 6.08. The van der Waals surface area contributed by atoms with Crippen LogP contribution in [0.15, 0.2) is 35.2 Å². The number of rotatable bonds is 4. The Labute approximate surface area is 176 Å².